The third-order valence-corrected chi connectivity index (χ3v) is 9.30. The number of hydrogen-bond donors (Lipinski definition) is 2. The molecule has 2 N–H and O–H groups in total. The molecule has 3 unspecified atom stereocenters. The molecule has 2 saturated heterocycles. The molecule has 10 nitrogen and oxygen atoms in total. The van der Waals surface area contributed by atoms with Gasteiger partial charge in [0.05, 0.1) is 30.9 Å². The Balaban J connectivity index is 1.19. The van der Waals surface area contributed by atoms with Crippen molar-refractivity contribution in [3.05, 3.63) is 71.5 Å². The summed E-state index contributed by atoms with van der Waals surface area (Å²) < 4.78 is 11.6. The normalized spacial score (nSPS) is 18.7. The Morgan fingerprint density at radius 1 is 1.09 bits per heavy atom. The van der Waals surface area contributed by atoms with Crippen LogP contribution < -0.4 is 10.1 Å². The number of nitrogens with one attached hydrogen (secondary N) is 1. The Morgan fingerprint density at radius 3 is 2.52 bits per heavy atom. The average molecular weight is 628 g/mol. The monoisotopic (exact) mass is 627 g/mol. The van der Waals surface area contributed by atoms with E-state index < -0.39 is 12.0 Å². The number of β-amino-alcohol motifs (C(OH)–C–C–N with tert-alkyl or cyclic N) is 1. The van der Waals surface area contributed by atoms with E-state index in [-0.39, 0.29) is 30.4 Å². The van der Waals surface area contributed by atoms with Gasteiger partial charge in [0.2, 0.25) is 11.8 Å². The van der Waals surface area contributed by atoms with Crippen molar-refractivity contribution < 1.29 is 24.0 Å². The highest BCUT2D eigenvalue weighted by atomic mass is 16.5. The van der Waals surface area contributed by atoms with Crippen molar-refractivity contribution in [3.8, 4) is 23.1 Å². The minimum Gasteiger partial charge on any atom is -0.475 e. The zero-order valence-corrected chi connectivity index (χ0v) is 27.0. The van der Waals surface area contributed by atoms with Gasteiger partial charge in [0.25, 0.3) is 5.88 Å². The summed E-state index contributed by atoms with van der Waals surface area (Å²) in [5.41, 5.74) is 3.36. The van der Waals surface area contributed by atoms with E-state index in [1.165, 1.54) is 0 Å². The zero-order valence-electron chi connectivity index (χ0n) is 27.0. The van der Waals surface area contributed by atoms with Crippen LogP contribution in [0, 0.1) is 23.2 Å². The highest BCUT2D eigenvalue weighted by Gasteiger charge is 2.40. The minimum absolute atomic E-state index is 0.0722. The van der Waals surface area contributed by atoms with Gasteiger partial charge in [-0.2, -0.15) is 5.26 Å². The van der Waals surface area contributed by atoms with Crippen LogP contribution in [0.1, 0.15) is 75.3 Å². The van der Waals surface area contributed by atoms with Gasteiger partial charge in [0.15, 0.2) is 5.76 Å². The standard InChI is InChI=1S/C36H45N5O5/c1-24(2)34(32-21-33(39-46-32)45-23-26-14-17-40(18-15-26)19-20-42)36(44)41-16-6-9-31(41)35(43)38-25(3)27-10-12-28(13-11-27)30-8-5-4-7-29(30)22-37/h4-5,7-8,10-13,21,24-26,31,34,42H,6,9,14-20,23H2,1-3H3,(H,38,43). The number of nitriles is 1. The van der Waals surface area contributed by atoms with Crippen LogP contribution in [0.25, 0.3) is 11.1 Å². The molecule has 10 heteroatoms. The molecule has 0 spiro atoms. The van der Waals surface area contributed by atoms with E-state index in [4.69, 9.17) is 14.4 Å². The maximum absolute atomic E-state index is 14.0. The maximum Gasteiger partial charge on any atom is 0.254 e. The number of carbonyl (C=O) groups excluding carboxylic acids is 2. The zero-order chi connectivity index (χ0) is 32.6. The molecule has 46 heavy (non-hydrogen) atoms. The van der Waals surface area contributed by atoms with Crippen LogP contribution in [-0.4, -0.2) is 77.3 Å². The second kappa shape index (κ2) is 15.4. The number of rotatable bonds is 12. The number of benzene rings is 2. The molecule has 1 aromatic heterocycles. The fraction of sp³-hybridized carbons (Fsp3) is 0.500. The highest BCUT2D eigenvalue weighted by Crippen LogP contribution is 2.33. The lowest BCUT2D eigenvalue weighted by Crippen LogP contribution is -2.48. The number of piperidine rings is 1. The van der Waals surface area contributed by atoms with Crippen LogP contribution in [0.5, 0.6) is 5.88 Å². The first kappa shape index (κ1) is 33.2. The highest BCUT2D eigenvalue weighted by molar-refractivity contribution is 5.91. The van der Waals surface area contributed by atoms with Crippen LogP contribution in [0.3, 0.4) is 0 Å². The molecule has 0 radical (unpaired) electrons. The third-order valence-electron chi connectivity index (χ3n) is 9.30. The molecule has 0 saturated carbocycles. The number of aliphatic hydroxyl groups is 1. The smallest absolute Gasteiger partial charge is 0.254 e. The lowest BCUT2D eigenvalue weighted by atomic mass is 9.91. The summed E-state index contributed by atoms with van der Waals surface area (Å²) in [6, 6.07) is 18.5. The number of nitrogens with zero attached hydrogens (tertiary/aromatic N) is 4. The Kier molecular flexibility index (Phi) is 11.1. The fourth-order valence-corrected chi connectivity index (χ4v) is 6.60. The van der Waals surface area contributed by atoms with E-state index >= 15 is 0 Å². The van der Waals surface area contributed by atoms with E-state index in [1.807, 2.05) is 63.2 Å². The van der Waals surface area contributed by atoms with Crippen molar-refractivity contribution in [1.82, 2.24) is 20.3 Å². The van der Waals surface area contributed by atoms with E-state index in [2.05, 4.69) is 21.4 Å². The average Bonchev–Trinajstić information content (AvgIpc) is 3.75. The molecule has 2 aliphatic heterocycles. The molecule has 3 atom stereocenters. The minimum atomic E-state index is -0.582. The van der Waals surface area contributed by atoms with Crippen LogP contribution >= 0.6 is 0 Å². The molecule has 3 heterocycles. The van der Waals surface area contributed by atoms with Gasteiger partial charge in [-0.15, -0.1) is 0 Å². The third kappa shape index (κ3) is 7.77. The molecule has 3 aromatic rings. The molecule has 2 aromatic carbocycles. The number of carbonyl (C=O) groups is 2. The Hall–Kier alpha value is -4.20. The van der Waals surface area contributed by atoms with E-state index in [0.29, 0.717) is 49.2 Å². The van der Waals surface area contributed by atoms with Crippen molar-refractivity contribution in [2.24, 2.45) is 11.8 Å². The van der Waals surface area contributed by atoms with Crippen LogP contribution in [-0.2, 0) is 9.59 Å². The van der Waals surface area contributed by atoms with Gasteiger partial charge in [0, 0.05) is 19.2 Å². The first-order valence-corrected chi connectivity index (χ1v) is 16.4. The quantitative estimate of drug-likeness (QED) is 0.290. The van der Waals surface area contributed by atoms with Crippen molar-refractivity contribution in [2.75, 3.05) is 39.4 Å². The lowest BCUT2D eigenvalue weighted by molar-refractivity contribution is -0.141. The van der Waals surface area contributed by atoms with Crippen LogP contribution in [0.4, 0.5) is 0 Å². The summed E-state index contributed by atoms with van der Waals surface area (Å²) in [5.74, 6) is 0.259. The fourth-order valence-electron chi connectivity index (χ4n) is 6.60. The van der Waals surface area contributed by atoms with Crippen molar-refractivity contribution >= 4 is 11.8 Å². The van der Waals surface area contributed by atoms with Gasteiger partial charge >= 0.3 is 0 Å². The number of hydrogen-bond acceptors (Lipinski definition) is 8. The van der Waals surface area contributed by atoms with Gasteiger partial charge < -0.3 is 29.5 Å². The molecule has 2 fully saturated rings. The number of aliphatic hydroxyl groups excluding tert-OH is 1. The molecule has 5 rings (SSSR count). The Morgan fingerprint density at radius 2 is 1.83 bits per heavy atom. The summed E-state index contributed by atoms with van der Waals surface area (Å²) >= 11 is 0. The van der Waals surface area contributed by atoms with E-state index in [1.54, 1.807) is 17.0 Å². The van der Waals surface area contributed by atoms with Gasteiger partial charge in [-0.3, -0.25) is 9.59 Å². The van der Waals surface area contributed by atoms with Gasteiger partial charge in [-0.05, 0) is 85.4 Å². The Bertz CT molecular complexity index is 1510. The number of ether oxygens (including phenoxy) is 1. The Labute approximate surface area is 271 Å². The number of aromatic nitrogens is 1. The molecule has 2 amide bonds. The van der Waals surface area contributed by atoms with Crippen molar-refractivity contribution in [2.45, 2.75) is 64.5 Å². The molecule has 2 aliphatic rings. The second-order valence-electron chi connectivity index (χ2n) is 12.8. The largest absolute Gasteiger partial charge is 0.475 e. The van der Waals surface area contributed by atoms with Crippen molar-refractivity contribution in [3.63, 3.8) is 0 Å². The number of likely N-dealkylation sites (tertiary alicyclic amines) is 2. The first-order chi connectivity index (χ1) is 22.3. The van der Waals surface area contributed by atoms with Gasteiger partial charge in [0.1, 0.15) is 12.0 Å². The molecule has 0 aliphatic carbocycles. The summed E-state index contributed by atoms with van der Waals surface area (Å²) in [4.78, 5) is 31.4. The summed E-state index contributed by atoms with van der Waals surface area (Å²) in [6.07, 6.45) is 3.34. The van der Waals surface area contributed by atoms with Crippen LogP contribution in [0.15, 0.2) is 59.1 Å². The van der Waals surface area contributed by atoms with Crippen LogP contribution in [0.2, 0.25) is 0 Å². The summed E-state index contributed by atoms with van der Waals surface area (Å²) in [5, 5.41) is 25.8. The van der Waals surface area contributed by atoms with E-state index in [0.717, 1.165) is 49.0 Å². The predicted octanol–water partition coefficient (Wildman–Crippen LogP) is 4.90. The maximum atomic E-state index is 14.0. The predicted molar refractivity (Wildman–Crippen MR) is 174 cm³/mol. The molecule has 0 bridgehead atoms. The van der Waals surface area contributed by atoms with Crippen molar-refractivity contribution in [1.29, 1.82) is 5.26 Å². The topological polar surface area (TPSA) is 132 Å². The SMILES string of the molecule is CC(NC(=O)C1CCCN1C(=O)C(c1cc(OCC2CCN(CCO)CC2)no1)C(C)C)c1ccc(-c2ccccc2C#N)cc1. The molecular weight excluding hydrogens is 582 g/mol. The van der Waals surface area contributed by atoms with Gasteiger partial charge in [-0.1, -0.05) is 56.3 Å². The van der Waals surface area contributed by atoms with E-state index in [9.17, 15) is 14.9 Å². The first-order valence-electron chi connectivity index (χ1n) is 16.4. The molecule has 244 valence electrons. The summed E-state index contributed by atoms with van der Waals surface area (Å²) in [7, 11) is 0. The second-order valence-corrected chi connectivity index (χ2v) is 12.8. The lowest BCUT2D eigenvalue weighted by Gasteiger charge is -2.31. The molecular formula is C36H45N5O5. The summed E-state index contributed by atoms with van der Waals surface area (Å²) in [6.45, 7) is 9.68. The van der Waals surface area contributed by atoms with Gasteiger partial charge in [-0.25, -0.2) is 0 Å². The number of amides is 2.